The van der Waals surface area contributed by atoms with Crippen LogP contribution in [-0.2, 0) is 9.59 Å². The number of rotatable bonds is 12. The lowest BCUT2D eigenvalue weighted by atomic mass is 9.93. The van der Waals surface area contributed by atoms with Gasteiger partial charge in [0.15, 0.2) is 0 Å². The van der Waals surface area contributed by atoms with Gasteiger partial charge in [0.25, 0.3) is 11.8 Å². The minimum absolute atomic E-state index is 0.508. The SMILES string of the molecule is O=C(NCCCO)C(F)(F)C(F)(F)C(F)(F)C(F)(F)C(F)(F)C(=O)NCCCO. The van der Waals surface area contributed by atoms with Crippen LogP contribution in [0.5, 0.6) is 0 Å². The van der Waals surface area contributed by atoms with Crippen LogP contribution < -0.4 is 10.6 Å². The van der Waals surface area contributed by atoms with Gasteiger partial charge in [0.2, 0.25) is 0 Å². The molecule has 0 aliphatic carbocycles. The van der Waals surface area contributed by atoms with Gasteiger partial charge in [0.05, 0.1) is 0 Å². The van der Waals surface area contributed by atoms with Crippen LogP contribution in [0.1, 0.15) is 12.8 Å². The first-order valence-electron chi connectivity index (χ1n) is 7.64. The predicted octanol–water partition coefficient (Wildman–Crippen LogP) is 1.16. The van der Waals surface area contributed by atoms with Crippen LogP contribution in [-0.4, -0.2) is 77.9 Å². The van der Waals surface area contributed by atoms with Crippen molar-refractivity contribution in [3.05, 3.63) is 0 Å². The molecule has 0 radical (unpaired) electrons. The molecule has 0 spiro atoms. The zero-order valence-electron chi connectivity index (χ0n) is 14.2. The summed E-state index contributed by atoms with van der Waals surface area (Å²) in [6, 6.07) is 0. The second-order valence-corrected chi connectivity index (χ2v) is 5.54. The highest BCUT2D eigenvalue weighted by Gasteiger charge is 2.88. The van der Waals surface area contributed by atoms with E-state index in [1.54, 1.807) is 0 Å². The highest BCUT2D eigenvalue weighted by Crippen LogP contribution is 2.57. The zero-order chi connectivity index (χ0) is 23.3. The number of hydrogen-bond acceptors (Lipinski definition) is 4. The van der Waals surface area contributed by atoms with Gasteiger partial charge >= 0.3 is 29.6 Å². The highest BCUT2D eigenvalue weighted by atomic mass is 19.4. The third-order valence-corrected chi connectivity index (χ3v) is 3.39. The molecule has 0 saturated heterocycles. The Bertz CT molecular complexity index is 538. The van der Waals surface area contributed by atoms with Crippen molar-refractivity contribution in [2.75, 3.05) is 26.3 Å². The van der Waals surface area contributed by atoms with Crippen molar-refractivity contribution in [1.29, 1.82) is 0 Å². The normalized spacial score (nSPS) is 13.9. The van der Waals surface area contributed by atoms with E-state index in [2.05, 4.69) is 0 Å². The summed E-state index contributed by atoms with van der Waals surface area (Å²) in [6.07, 6.45) is -1.02. The minimum atomic E-state index is -7.57. The lowest BCUT2D eigenvalue weighted by molar-refractivity contribution is -0.387. The first-order valence-corrected chi connectivity index (χ1v) is 7.64. The number of hydrogen-bond donors (Lipinski definition) is 4. The fourth-order valence-electron chi connectivity index (χ4n) is 1.66. The molecule has 0 heterocycles. The quantitative estimate of drug-likeness (QED) is 0.263. The molecule has 16 heteroatoms. The molecule has 4 N–H and O–H groups in total. The van der Waals surface area contributed by atoms with Crippen LogP contribution >= 0.6 is 0 Å². The second kappa shape index (κ2) is 9.32. The average molecular weight is 454 g/mol. The number of halogens is 10. The van der Waals surface area contributed by atoms with Crippen molar-refractivity contribution in [3.63, 3.8) is 0 Å². The van der Waals surface area contributed by atoms with Crippen LogP contribution in [0, 0.1) is 0 Å². The molecule has 0 aromatic carbocycles. The summed E-state index contributed by atoms with van der Waals surface area (Å²) in [5.74, 6) is -41.9. The second-order valence-electron chi connectivity index (χ2n) is 5.54. The van der Waals surface area contributed by atoms with Crippen molar-refractivity contribution >= 4 is 11.8 Å². The molecule has 2 amide bonds. The van der Waals surface area contributed by atoms with E-state index in [0.29, 0.717) is 0 Å². The standard InChI is InChI=1S/C13H16F10N2O4/c14-9(15,7(28)24-3-1-5-26)11(18,19)13(22,23)12(20,21)10(16,17)8(29)25-4-2-6-27/h26-27H,1-6H2,(H,24,28)(H,25,29). The van der Waals surface area contributed by atoms with Gasteiger partial charge < -0.3 is 20.8 Å². The van der Waals surface area contributed by atoms with Crippen molar-refractivity contribution in [2.24, 2.45) is 0 Å². The Labute approximate surface area is 156 Å². The number of carbonyl (C=O) groups is 2. The topological polar surface area (TPSA) is 98.7 Å². The first kappa shape index (κ1) is 27.2. The molecule has 0 aromatic rings. The van der Waals surface area contributed by atoms with Crippen molar-refractivity contribution in [3.8, 4) is 0 Å². The molecule has 0 atom stereocenters. The molecular formula is C13H16F10N2O4. The van der Waals surface area contributed by atoms with Crippen LogP contribution in [0.25, 0.3) is 0 Å². The van der Waals surface area contributed by atoms with Gasteiger partial charge in [-0.2, -0.15) is 43.9 Å². The van der Waals surface area contributed by atoms with E-state index >= 15 is 0 Å². The number of carbonyl (C=O) groups excluding carboxylic acids is 2. The summed E-state index contributed by atoms with van der Waals surface area (Å²) in [5.41, 5.74) is 0. The number of alkyl halides is 10. The summed E-state index contributed by atoms with van der Waals surface area (Å²) in [5, 5.41) is 18.6. The Morgan fingerprint density at radius 1 is 0.586 bits per heavy atom. The molecule has 0 unspecified atom stereocenters. The molecule has 0 fully saturated rings. The Kier molecular flexibility index (Phi) is 8.73. The third kappa shape index (κ3) is 4.84. The van der Waals surface area contributed by atoms with Gasteiger partial charge in [-0.1, -0.05) is 0 Å². The van der Waals surface area contributed by atoms with Gasteiger partial charge in [0.1, 0.15) is 0 Å². The van der Waals surface area contributed by atoms with E-state index in [0.717, 1.165) is 10.6 Å². The molecule has 0 aromatic heterocycles. The lowest BCUT2D eigenvalue weighted by Crippen LogP contribution is -2.71. The summed E-state index contributed by atoms with van der Waals surface area (Å²) in [6.45, 7) is -3.42. The van der Waals surface area contributed by atoms with Gasteiger partial charge in [-0.05, 0) is 12.8 Å². The molecule has 0 saturated carbocycles. The van der Waals surface area contributed by atoms with Crippen LogP contribution in [0.3, 0.4) is 0 Å². The van der Waals surface area contributed by atoms with E-state index in [9.17, 15) is 53.5 Å². The smallest absolute Gasteiger partial charge is 0.392 e. The molecule has 172 valence electrons. The Morgan fingerprint density at radius 2 is 0.862 bits per heavy atom. The molecule has 29 heavy (non-hydrogen) atoms. The van der Waals surface area contributed by atoms with Gasteiger partial charge in [-0.3, -0.25) is 9.59 Å². The molecular weight excluding hydrogens is 438 g/mol. The summed E-state index contributed by atoms with van der Waals surface area (Å²) in [7, 11) is 0. The molecule has 0 aliphatic rings. The van der Waals surface area contributed by atoms with Crippen LogP contribution in [0.2, 0.25) is 0 Å². The predicted molar refractivity (Wildman–Crippen MR) is 74.2 cm³/mol. The maximum absolute atomic E-state index is 13.6. The van der Waals surface area contributed by atoms with Crippen molar-refractivity contribution < 1.29 is 63.7 Å². The number of aliphatic hydroxyl groups is 2. The van der Waals surface area contributed by atoms with E-state index in [4.69, 9.17) is 10.2 Å². The first-order chi connectivity index (χ1) is 13.0. The fourth-order valence-corrected chi connectivity index (χ4v) is 1.66. The summed E-state index contributed by atoms with van der Waals surface area (Å²) in [4.78, 5) is 22.1. The molecule has 0 rings (SSSR count). The molecule has 6 nitrogen and oxygen atoms in total. The Balaban J connectivity index is 5.88. The number of aliphatic hydroxyl groups excluding tert-OH is 2. The van der Waals surface area contributed by atoms with Crippen molar-refractivity contribution in [2.45, 2.75) is 42.5 Å². The zero-order valence-corrected chi connectivity index (χ0v) is 14.2. The Hall–Kier alpha value is -1.84. The van der Waals surface area contributed by atoms with E-state index in [1.165, 1.54) is 0 Å². The largest absolute Gasteiger partial charge is 0.396 e. The van der Waals surface area contributed by atoms with E-state index in [-0.39, 0.29) is 0 Å². The van der Waals surface area contributed by atoms with E-state index in [1.807, 2.05) is 0 Å². The average Bonchev–Trinajstić information content (AvgIpc) is 2.60. The maximum atomic E-state index is 13.6. The maximum Gasteiger partial charge on any atom is 0.392 e. The van der Waals surface area contributed by atoms with E-state index < -0.39 is 80.6 Å². The van der Waals surface area contributed by atoms with Gasteiger partial charge in [-0.25, -0.2) is 0 Å². The molecule has 0 bridgehead atoms. The van der Waals surface area contributed by atoms with Crippen LogP contribution in [0.4, 0.5) is 43.9 Å². The highest BCUT2D eigenvalue weighted by molar-refractivity contribution is 5.86. The Morgan fingerprint density at radius 3 is 1.10 bits per heavy atom. The fraction of sp³-hybridized carbons (Fsp3) is 0.846. The van der Waals surface area contributed by atoms with Gasteiger partial charge in [0, 0.05) is 26.3 Å². The van der Waals surface area contributed by atoms with Gasteiger partial charge in [-0.15, -0.1) is 0 Å². The minimum Gasteiger partial charge on any atom is -0.396 e. The number of amides is 2. The molecule has 0 aliphatic heterocycles. The number of nitrogens with one attached hydrogen (secondary N) is 2. The lowest BCUT2D eigenvalue weighted by Gasteiger charge is -2.38. The monoisotopic (exact) mass is 454 g/mol. The van der Waals surface area contributed by atoms with Crippen LogP contribution in [0.15, 0.2) is 0 Å². The van der Waals surface area contributed by atoms with Crippen molar-refractivity contribution in [1.82, 2.24) is 10.6 Å². The third-order valence-electron chi connectivity index (χ3n) is 3.39. The summed E-state index contributed by atoms with van der Waals surface area (Å²) < 4.78 is 135. The summed E-state index contributed by atoms with van der Waals surface area (Å²) >= 11 is 0.